The van der Waals surface area contributed by atoms with Gasteiger partial charge >= 0.3 is 6.09 Å². The molecule has 1 aromatic rings. The van der Waals surface area contributed by atoms with Gasteiger partial charge in [0.2, 0.25) is 0 Å². The SMILES string of the molecule is Cn1cc2c(cc1=O)CN(C(=O)OC(C)(C)C)C2. The second-order valence-corrected chi connectivity index (χ2v) is 5.61. The highest BCUT2D eigenvalue weighted by atomic mass is 16.6. The van der Waals surface area contributed by atoms with Gasteiger partial charge in [-0.2, -0.15) is 0 Å². The first-order valence-electron chi connectivity index (χ1n) is 5.92. The Bertz CT molecular complexity index is 540. The Hall–Kier alpha value is -1.78. The lowest BCUT2D eigenvalue weighted by Crippen LogP contribution is -2.33. The molecule has 0 aromatic carbocycles. The highest BCUT2D eigenvalue weighted by molar-refractivity contribution is 5.69. The molecular weight excluding hydrogens is 232 g/mol. The van der Waals surface area contributed by atoms with Gasteiger partial charge < -0.3 is 9.30 Å². The minimum Gasteiger partial charge on any atom is -0.444 e. The third-order valence-corrected chi connectivity index (χ3v) is 2.78. The second-order valence-electron chi connectivity index (χ2n) is 5.61. The van der Waals surface area contributed by atoms with E-state index in [1.807, 2.05) is 20.8 Å². The van der Waals surface area contributed by atoms with E-state index < -0.39 is 5.60 Å². The Balaban J connectivity index is 2.15. The molecule has 0 N–H and O–H groups in total. The number of hydrogen-bond donors (Lipinski definition) is 0. The van der Waals surface area contributed by atoms with Crippen LogP contribution in [0.25, 0.3) is 0 Å². The summed E-state index contributed by atoms with van der Waals surface area (Å²) in [5, 5.41) is 0. The van der Waals surface area contributed by atoms with Crippen molar-refractivity contribution in [1.82, 2.24) is 9.47 Å². The van der Waals surface area contributed by atoms with Gasteiger partial charge in [-0.1, -0.05) is 0 Å². The number of hydrogen-bond acceptors (Lipinski definition) is 3. The van der Waals surface area contributed by atoms with Crippen LogP contribution in [0.15, 0.2) is 17.1 Å². The molecule has 0 radical (unpaired) electrons. The minimum atomic E-state index is -0.500. The van der Waals surface area contributed by atoms with E-state index in [0.717, 1.165) is 11.1 Å². The standard InChI is InChI=1S/C13H18N2O3/c1-13(2,3)18-12(17)15-7-9-5-11(16)14(4)6-10(9)8-15/h5-6H,7-8H2,1-4H3. The summed E-state index contributed by atoms with van der Waals surface area (Å²) < 4.78 is 6.84. The molecule has 1 aliphatic heterocycles. The van der Waals surface area contributed by atoms with Crippen molar-refractivity contribution in [2.24, 2.45) is 7.05 Å². The normalized spacial score (nSPS) is 14.6. The smallest absolute Gasteiger partial charge is 0.410 e. The number of rotatable bonds is 0. The Morgan fingerprint density at radius 1 is 1.28 bits per heavy atom. The average Bonchev–Trinajstić information content (AvgIpc) is 2.59. The second kappa shape index (κ2) is 4.15. The van der Waals surface area contributed by atoms with E-state index in [-0.39, 0.29) is 11.7 Å². The summed E-state index contributed by atoms with van der Waals surface area (Å²) in [5.41, 5.74) is 1.35. The Morgan fingerprint density at radius 2 is 1.89 bits per heavy atom. The number of carbonyl (C=O) groups is 1. The Kier molecular flexibility index (Phi) is 2.92. The molecule has 0 saturated carbocycles. The highest BCUT2D eigenvalue weighted by Gasteiger charge is 2.28. The fourth-order valence-corrected chi connectivity index (χ4v) is 1.94. The van der Waals surface area contributed by atoms with Crippen molar-refractivity contribution in [1.29, 1.82) is 0 Å². The quantitative estimate of drug-likeness (QED) is 0.703. The van der Waals surface area contributed by atoms with Gasteiger partial charge in [0, 0.05) is 25.9 Å². The number of fused-ring (bicyclic) bond motifs is 1. The number of nitrogens with zero attached hydrogens (tertiary/aromatic N) is 2. The van der Waals surface area contributed by atoms with Gasteiger partial charge in [0.05, 0.1) is 6.54 Å². The molecule has 0 aliphatic carbocycles. The summed E-state index contributed by atoms with van der Waals surface area (Å²) in [6, 6.07) is 1.58. The fraction of sp³-hybridized carbons (Fsp3) is 0.538. The summed E-state index contributed by atoms with van der Waals surface area (Å²) in [6.45, 7) is 6.45. The van der Waals surface area contributed by atoms with Crippen molar-refractivity contribution in [2.45, 2.75) is 39.5 Å². The fourth-order valence-electron chi connectivity index (χ4n) is 1.94. The van der Waals surface area contributed by atoms with Crippen LogP contribution < -0.4 is 5.56 Å². The first kappa shape index (κ1) is 12.7. The van der Waals surface area contributed by atoms with Gasteiger partial charge in [-0.05, 0) is 31.9 Å². The summed E-state index contributed by atoms with van der Waals surface area (Å²) in [6.07, 6.45) is 1.44. The Labute approximate surface area is 106 Å². The zero-order chi connectivity index (χ0) is 13.5. The summed E-state index contributed by atoms with van der Waals surface area (Å²) >= 11 is 0. The number of carbonyl (C=O) groups excluding carboxylic acids is 1. The van der Waals surface area contributed by atoms with Crippen molar-refractivity contribution in [3.8, 4) is 0 Å². The molecule has 0 spiro atoms. The molecule has 5 nitrogen and oxygen atoms in total. The van der Waals surface area contributed by atoms with Crippen LogP contribution in [0.4, 0.5) is 4.79 Å². The first-order valence-corrected chi connectivity index (χ1v) is 5.92. The number of amides is 1. The maximum absolute atomic E-state index is 11.9. The monoisotopic (exact) mass is 250 g/mol. The van der Waals surface area contributed by atoms with Gasteiger partial charge in [-0.15, -0.1) is 0 Å². The molecule has 18 heavy (non-hydrogen) atoms. The van der Waals surface area contributed by atoms with Gasteiger partial charge in [0.15, 0.2) is 0 Å². The van der Waals surface area contributed by atoms with E-state index in [4.69, 9.17) is 4.74 Å². The van der Waals surface area contributed by atoms with Gasteiger partial charge in [0.25, 0.3) is 5.56 Å². The lowest BCUT2D eigenvalue weighted by molar-refractivity contribution is 0.0242. The van der Waals surface area contributed by atoms with Crippen LogP contribution in [0.3, 0.4) is 0 Å². The minimum absolute atomic E-state index is 0.0558. The molecule has 2 heterocycles. The van der Waals surface area contributed by atoms with E-state index in [2.05, 4.69) is 0 Å². The first-order chi connectivity index (χ1) is 8.26. The van der Waals surface area contributed by atoms with Crippen LogP contribution in [-0.4, -0.2) is 21.2 Å². The van der Waals surface area contributed by atoms with Gasteiger partial charge in [-0.3, -0.25) is 9.69 Å². The van der Waals surface area contributed by atoms with E-state index in [1.165, 1.54) is 4.57 Å². The summed E-state index contributed by atoms with van der Waals surface area (Å²) in [7, 11) is 1.71. The van der Waals surface area contributed by atoms with E-state index in [0.29, 0.717) is 13.1 Å². The predicted octanol–water partition coefficient (Wildman–Crippen LogP) is 1.64. The summed E-state index contributed by atoms with van der Waals surface area (Å²) in [5.74, 6) is 0. The van der Waals surface area contributed by atoms with Crippen LogP contribution >= 0.6 is 0 Å². The number of pyridine rings is 1. The van der Waals surface area contributed by atoms with Crippen LogP contribution in [-0.2, 0) is 24.9 Å². The largest absolute Gasteiger partial charge is 0.444 e. The van der Waals surface area contributed by atoms with Crippen molar-refractivity contribution in [2.75, 3.05) is 0 Å². The highest BCUT2D eigenvalue weighted by Crippen LogP contribution is 2.22. The van der Waals surface area contributed by atoms with Crippen molar-refractivity contribution in [3.05, 3.63) is 33.7 Å². The molecule has 98 valence electrons. The van der Waals surface area contributed by atoms with Crippen LogP contribution in [0.1, 0.15) is 31.9 Å². The van der Waals surface area contributed by atoms with Gasteiger partial charge in [-0.25, -0.2) is 4.79 Å². The third kappa shape index (κ3) is 2.55. The zero-order valence-corrected chi connectivity index (χ0v) is 11.2. The topological polar surface area (TPSA) is 51.5 Å². The molecule has 0 atom stereocenters. The van der Waals surface area contributed by atoms with E-state index in [9.17, 15) is 9.59 Å². The number of ether oxygens (including phenoxy) is 1. The number of aryl methyl sites for hydroxylation is 1. The van der Waals surface area contributed by atoms with Crippen LogP contribution in [0.2, 0.25) is 0 Å². The maximum atomic E-state index is 11.9. The molecule has 2 rings (SSSR count). The molecule has 1 amide bonds. The molecule has 0 fully saturated rings. The van der Waals surface area contributed by atoms with Crippen molar-refractivity contribution < 1.29 is 9.53 Å². The zero-order valence-electron chi connectivity index (χ0n) is 11.2. The third-order valence-electron chi connectivity index (χ3n) is 2.78. The lowest BCUT2D eigenvalue weighted by atomic mass is 10.2. The maximum Gasteiger partial charge on any atom is 0.410 e. The molecule has 0 unspecified atom stereocenters. The van der Waals surface area contributed by atoms with Crippen LogP contribution in [0, 0.1) is 0 Å². The van der Waals surface area contributed by atoms with Crippen molar-refractivity contribution >= 4 is 6.09 Å². The molecule has 0 saturated heterocycles. The van der Waals surface area contributed by atoms with E-state index in [1.54, 1.807) is 24.2 Å². The molecule has 1 aliphatic rings. The van der Waals surface area contributed by atoms with Gasteiger partial charge in [0.1, 0.15) is 5.60 Å². The van der Waals surface area contributed by atoms with E-state index >= 15 is 0 Å². The van der Waals surface area contributed by atoms with Crippen molar-refractivity contribution in [3.63, 3.8) is 0 Å². The average molecular weight is 250 g/mol. The van der Waals surface area contributed by atoms with Crippen LogP contribution in [0.5, 0.6) is 0 Å². The number of aromatic nitrogens is 1. The summed E-state index contributed by atoms with van der Waals surface area (Å²) in [4.78, 5) is 25.0. The Morgan fingerprint density at radius 3 is 2.50 bits per heavy atom. The molecular formula is C13H18N2O3. The molecule has 5 heteroatoms. The molecule has 1 aromatic heterocycles. The molecule has 0 bridgehead atoms. The predicted molar refractivity (Wildman–Crippen MR) is 67.2 cm³/mol. The lowest BCUT2D eigenvalue weighted by Gasteiger charge is -2.24.